The van der Waals surface area contributed by atoms with E-state index in [1.54, 1.807) is 0 Å². The maximum absolute atomic E-state index is 5.82. The van der Waals surface area contributed by atoms with Gasteiger partial charge in [-0.25, -0.2) is 4.98 Å². The largest absolute Gasteiger partial charge is 0.306 e. The van der Waals surface area contributed by atoms with Gasteiger partial charge in [0.2, 0.25) is 0 Å². The Kier molecular flexibility index (Phi) is 2.83. The van der Waals surface area contributed by atoms with Gasteiger partial charge in [-0.1, -0.05) is 41.9 Å². The predicted molar refractivity (Wildman–Crippen MR) is 69.2 cm³/mol. The van der Waals surface area contributed by atoms with Crippen molar-refractivity contribution in [2.45, 2.75) is 12.5 Å². The Morgan fingerprint density at radius 3 is 2.88 bits per heavy atom. The summed E-state index contributed by atoms with van der Waals surface area (Å²) in [5, 5.41) is 4.07. The quantitative estimate of drug-likeness (QED) is 0.781. The zero-order valence-corrected chi connectivity index (χ0v) is 10.1. The summed E-state index contributed by atoms with van der Waals surface area (Å²) < 4.78 is 0. The molecule has 1 aliphatic rings. The van der Waals surface area contributed by atoms with Crippen LogP contribution < -0.4 is 5.32 Å². The molecule has 86 valence electrons. The van der Waals surface area contributed by atoms with E-state index < -0.39 is 0 Å². The van der Waals surface area contributed by atoms with Crippen molar-refractivity contribution in [2.24, 2.45) is 0 Å². The lowest BCUT2D eigenvalue weighted by molar-refractivity contribution is 0.566. The Labute approximate surface area is 106 Å². The van der Waals surface area contributed by atoms with Crippen LogP contribution in [0.15, 0.2) is 42.6 Å². The van der Waals surface area contributed by atoms with E-state index in [1.165, 1.54) is 16.7 Å². The fourth-order valence-corrected chi connectivity index (χ4v) is 2.47. The van der Waals surface area contributed by atoms with Gasteiger partial charge in [0.05, 0.1) is 6.04 Å². The number of pyridine rings is 1. The second kappa shape index (κ2) is 4.47. The van der Waals surface area contributed by atoms with Crippen LogP contribution in [0, 0.1) is 0 Å². The molecular formula is C14H13ClN2. The van der Waals surface area contributed by atoms with Crippen LogP contribution in [0.2, 0.25) is 5.15 Å². The molecular weight excluding hydrogens is 232 g/mol. The molecule has 2 nitrogen and oxygen atoms in total. The number of nitrogens with one attached hydrogen (secondary N) is 1. The van der Waals surface area contributed by atoms with Crippen LogP contribution in [0.4, 0.5) is 0 Å². The van der Waals surface area contributed by atoms with Crippen LogP contribution >= 0.6 is 11.6 Å². The first-order chi connectivity index (χ1) is 8.34. The fraction of sp³-hybridized carbons (Fsp3) is 0.214. The van der Waals surface area contributed by atoms with Crippen molar-refractivity contribution in [3.05, 3.63) is 64.4 Å². The standard InChI is InChI=1S/C14H13ClN2/c15-13-6-5-11(9-17-13)14-12-4-2-1-3-10(12)7-8-16-14/h1-6,9,14,16H,7-8H2/t14-/m1/s1. The summed E-state index contributed by atoms with van der Waals surface area (Å²) in [5.74, 6) is 0. The number of fused-ring (bicyclic) bond motifs is 1. The second-order valence-electron chi connectivity index (χ2n) is 4.25. The lowest BCUT2D eigenvalue weighted by Crippen LogP contribution is -2.30. The zero-order chi connectivity index (χ0) is 11.7. The maximum Gasteiger partial charge on any atom is 0.129 e. The molecule has 1 aromatic carbocycles. The molecule has 1 aliphatic heterocycles. The summed E-state index contributed by atoms with van der Waals surface area (Å²) in [6, 6.07) is 12.7. The van der Waals surface area contributed by atoms with Crippen LogP contribution in [0.5, 0.6) is 0 Å². The number of benzene rings is 1. The highest BCUT2D eigenvalue weighted by Gasteiger charge is 2.20. The van der Waals surface area contributed by atoms with Crippen molar-refractivity contribution in [1.82, 2.24) is 10.3 Å². The van der Waals surface area contributed by atoms with Crippen molar-refractivity contribution in [3.8, 4) is 0 Å². The van der Waals surface area contributed by atoms with Crippen LogP contribution in [0.3, 0.4) is 0 Å². The smallest absolute Gasteiger partial charge is 0.129 e. The summed E-state index contributed by atoms with van der Waals surface area (Å²) >= 11 is 5.82. The van der Waals surface area contributed by atoms with Crippen molar-refractivity contribution in [1.29, 1.82) is 0 Å². The first kappa shape index (κ1) is 10.8. The lowest BCUT2D eigenvalue weighted by atomic mass is 9.91. The molecule has 0 saturated carbocycles. The summed E-state index contributed by atoms with van der Waals surface area (Å²) in [7, 11) is 0. The average molecular weight is 245 g/mol. The third kappa shape index (κ3) is 2.06. The highest BCUT2D eigenvalue weighted by molar-refractivity contribution is 6.29. The Hall–Kier alpha value is -1.38. The molecule has 0 saturated heterocycles. The highest BCUT2D eigenvalue weighted by atomic mass is 35.5. The van der Waals surface area contributed by atoms with Crippen LogP contribution in [-0.4, -0.2) is 11.5 Å². The van der Waals surface area contributed by atoms with E-state index in [0.717, 1.165) is 13.0 Å². The first-order valence-corrected chi connectivity index (χ1v) is 6.15. The minimum Gasteiger partial charge on any atom is -0.306 e. The summed E-state index contributed by atoms with van der Waals surface area (Å²) in [6.45, 7) is 1.00. The third-order valence-corrected chi connectivity index (χ3v) is 3.42. The van der Waals surface area contributed by atoms with Gasteiger partial charge in [-0.05, 0) is 29.2 Å². The Morgan fingerprint density at radius 2 is 2.06 bits per heavy atom. The van der Waals surface area contributed by atoms with E-state index >= 15 is 0 Å². The van der Waals surface area contributed by atoms with Gasteiger partial charge < -0.3 is 5.32 Å². The Morgan fingerprint density at radius 1 is 1.18 bits per heavy atom. The number of rotatable bonds is 1. The van der Waals surface area contributed by atoms with Gasteiger partial charge >= 0.3 is 0 Å². The van der Waals surface area contributed by atoms with E-state index in [0.29, 0.717) is 5.15 Å². The molecule has 0 amide bonds. The van der Waals surface area contributed by atoms with E-state index in [1.807, 2.05) is 18.3 Å². The molecule has 1 atom stereocenters. The molecule has 1 aromatic heterocycles. The molecule has 3 heteroatoms. The molecule has 1 N–H and O–H groups in total. The third-order valence-electron chi connectivity index (χ3n) is 3.19. The highest BCUT2D eigenvalue weighted by Crippen LogP contribution is 2.28. The molecule has 17 heavy (non-hydrogen) atoms. The molecule has 0 bridgehead atoms. The van der Waals surface area contributed by atoms with Crippen molar-refractivity contribution >= 4 is 11.6 Å². The fourth-order valence-electron chi connectivity index (χ4n) is 2.36. The number of nitrogens with zero attached hydrogens (tertiary/aromatic N) is 1. The second-order valence-corrected chi connectivity index (χ2v) is 4.64. The molecule has 0 unspecified atom stereocenters. The molecule has 0 radical (unpaired) electrons. The number of hydrogen-bond donors (Lipinski definition) is 1. The Bertz CT molecular complexity index is 522. The summed E-state index contributed by atoms with van der Waals surface area (Å²) in [6.07, 6.45) is 2.94. The minimum absolute atomic E-state index is 0.240. The van der Waals surface area contributed by atoms with E-state index in [-0.39, 0.29) is 6.04 Å². The predicted octanol–water partition coefficient (Wildman–Crippen LogP) is 2.97. The zero-order valence-electron chi connectivity index (χ0n) is 9.36. The van der Waals surface area contributed by atoms with Gasteiger partial charge in [-0.3, -0.25) is 0 Å². The van der Waals surface area contributed by atoms with Crippen LogP contribution in [0.1, 0.15) is 22.7 Å². The average Bonchev–Trinajstić information content (AvgIpc) is 2.39. The number of aromatic nitrogens is 1. The molecule has 0 spiro atoms. The number of hydrogen-bond acceptors (Lipinski definition) is 2. The van der Waals surface area contributed by atoms with Gasteiger partial charge in [-0.15, -0.1) is 0 Å². The van der Waals surface area contributed by atoms with E-state index in [2.05, 4.69) is 34.6 Å². The van der Waals surface area contributed by atoms with E-state index in [9.17, 15) is 0 Å². The maximum atomic E-state index is 5.82. The normalized spacial score (nSPS) is 18.8. The minimum atomic E-state index is 0.240. The lowest BCUT2D eigenvalue weighted by Gasteiger charge is -2.27. The summed E-state index contributed by atoms with van der Waals surface area (Å²) in [4.78, 5) is 4.15. The molecule has 0 fully saturated rings. The van der Waals surface area contributed by atoms with Gasteiger partial charge in [0.1, 0.15) is 5.15 Å². The van der Waals surface area contributed by atoms with Crippen molar-refractivity contribution < 1.29 is 0 Å². The van der Waals surface area contributed by atoms with E-state index in [4.69, 9.17) is 11.6 Å². The van der Waals surface area contributed by atoms with Crippen LogP contribution in [-0.2, 0) is 6.42 Å². The monoisotopic (exact) mass is 244 g/mol. The van der Waals surface area contributed by atoms with Crippen molar-refractivity contribution in [3.63, 3.8) is 0 Å². The summed E-state index contributed by atoms with van der Waals surface area (Å²) in [5.41, 5.74) is 3.94. The molecule has 3 rings (SSSR count). The van der Waals surface area contributed by atoms with Crippen LogP contribution in [0.25, 0.3) is 0 Å². The SMILES string of the molecule is Clc1ccc([C@H]2NCCc3ccccc32)cn1. The van der Waals surface area contributed by atoms with Gasteiger partial charge in [0.15, 0.2) is 0 Å². The molecule has 2 aromatic rings. The van der Waals surface area contributed by atoms with Gasteiger partial charge in [0, 0.05) is 12.7 Å². The molecule has 2 heterocycles. The number of halogens is 1. The first-order valence-electron chi connectivity index (χ1n) is 5.77. The topological polar surface area (TPSA) is 24.9 Å². The molecule has 0 aliphatic carbocycles. The Balaban J connectivity index is 2.03. The van der Waals surface area contributed by atoms with Crippen molar-refractivity contribution in [2.75, 3.05) is 6.54 Å². The van der Waals surface area contributed by atoms with Gasteiger partial charge in [0.25, 0.3) is 0 Å². The van der Waals surface area contributed by atoms with Gasteiger partial charge in [-0.2, -0.15) is 0 Å².